The second kappa shape index (κ2) is 4.92. The molecule has 3 rings (SSSR count). The van der Waals surface area contributed by atoms with Crippen molar-refractivity contribution in [3.63, 3.8) is 0 Å². The lowest BCUT2D eigenvalue weighted by molar-refractivity contribution is -0.484. The van der Waals surface area contributed by atoms with Crippen LogP contribution in [0, 0.1) is 16.0 Å². The van der Waals surface area contributed by atoms with Gasteiger partial charge in [0.25, 0.3) is 0 Å². The highest BCUT2D eigenvalue weighted by molar-refractivity contribution is 6.00. The standard InChI is InChI=1S/C15H13NO4/c17-12-6-7-13-15(12)11(9-16(18)19)8-14(20-13)10-4-2-1-3-5-10/h1-5,8,11H,6-7,9H2/t11-/m0/s1. The number of rotatable bonds is 3. The highest BCUT2D eigenvalue weighted by Gasteiger charge is 2.36. The Morgan fingerprint density at radius 3 is 2.70 bits per heavy atom. The van der Waals surface area contributed by atoms with Crippen molar-refractivity contribution in [1.29, 1.82) is 0 Å². The van der Waals surface area contributed by atoms with Gasteiger partial charge in [0, 0.05) is 28.9 Å². The minimum absolute atomic E-state index is 0.0322. The molecule has 0 saturated carbocycles. The van der Waals surface area contributed by atoms with Crippen LogP contribution in [0.15, 0.2) is 47.7 Å². The molecule has 1 atom stereocenters. The molecular formula is C15H13NO4. The molecule has 0 saturated heterocycles. The van der Waals surface area contributed by atoms with E-state index in [-0.39, 0.29) is 17.3 Å². The van der Waals surface area contributed by atoms with Crippen LogP contribution in [0.2, 0.25) is 0 Å². The van der Waals surface area contributed by atoms with Gasteiger partial charge in [0.15, 0.2) is 5.78 Å². The number of nitrogens with zero attached hydrogens (tertiary/aromatic N) is 1. The van der Waals surface area contributed by atoms with Gasteiger partial charge >= 0.3 is 0 Å². The van der Waals surface area contributed by atoms with E-state index >= 15 is 0 Å². The lowest BCUT2D eigenvalue weighted by Crippen LogP contribution is -2.21. The van der Waals surface area contributed by atoms with Crippen molar-refractivity contribution in [3.8, 4) is 0 Å². The Kier molecular flexibility index (Phi) is 3.10. The lowest BCUT2D eigenvalue weighted by Gasteiger charge is -2.21. The van der Waals surface area contributed by atoms with Crippen molar-refractivity contribution < 1.29 is 14.5 Å². The van der Waals surface area contributed by atoms with Crippen LogP contribution in [0.25, 0.3) is 5.76 Å². The summed E-state index contributed by atoms with van der Waals surface area (Å²) in [6.45, 7) is -0.274. The first kappa shape index (κ1) is 12.6. The van der Waals surface area contributed by atoms with Gasteiger partial charge in [-0.1, -0.05) is 30.3 Å². The molecule has 0 fully saturated rings. The lowest BCUT2D eigenvalue weighted by atomic mass is 9.93. The van der Waals surface area contributed by atoms with Crippen molar-refractivity contribution in [2.24, 2.45) is 5.92 Å². The van der Waals surface area contributed by atoms with Gasteiger partial charge in [0.05, 0.1) is 5.92 Å². The van der Waals surface area contributed by atoms with Crippen LogP contribution in [0.3, 0.4) is 0 Å². The van der Waals surface area contributed by atoms with Crippen molar-refractivity contribution >= 4 is 11.5 Å². The maximum atomic E-state index is 11.9. The van der Waals surface area contributed by atoms with Gasteiger partial charge in [-0.2, -0.15) is 0 Å². The van der Waals surface area contributed by atoms with E-state index in [0.29, 0.717) is 29.9 Å². The molecule has 1 aliphatic carbocycles. The third-order valence-electron chi connectivity index (χ3n) is 3.54. The van der Waals surface area contributed by atoms with Crippen molar-refractivity contribution in [1.82, 2.24) is 0 Å². The molecule has 0 bridgehead atoms. The molecule has 0 unspecified atom stereocenters. The summed E-state index contributed by atoms with van der Waals surface area (Å²) in [5.74, 6) is 0.684. The van der Waals surface area contributed by atoms with Crippen LogP contribution in [-0.2, 0) is 9.53 Å². The number of carbonyl (C=O) groups is 1. The van der Waals surface area contributed by atoms with Crippen LogP contribution >= 0.6 is 0 Å². The van der Waals surface area contributed by atoms with Crippen molar-refractivity contribution in [2.75, 3.05) is 6.54 Å². The number of nitro groups is 1. The molecule has 5 nitrogen and oxygen atoms in total. The minimum atomic E-state index is -0.487. The summed E-state index contributed by atoms with van der Waals surface area (Å²) in [6, 6.07) is 9.43. The average Bonchev–Trinajstić information content (AvgIpc) is 2.81. The van der Waals surface area contributed by atoms with E-state index in [0.717, 1.165) is 5.56 Å². The molecule has 0 amide bonds. The number of Topliss-reactive ketones (excluding diaryl/α,β-unsaturated/α-hetero) is 1. The van der Waals surface area contributed by atoms with E-state index in [1.54, 1.807) is 6.08 Å². The van der Waals surface area contributed by atoms with Crippen molar-refractivity contribution in [3.05, 3.63) is 63.4 Å². The second-order valence-corrected chi connectivity index (χ2v) is 4.88. The maximum Gasteiger partial charge on any atom is 0.214 e. The Labute approximate surface area is 115 Å². The van der Waals surface area contributed by atoms with Crippen molar-refractivity contribution in [2.45, 2.75) is 12.8 Å². The monoisotopic (exact) mass is 271 g/mol. The first-order chi connectivity index (χ1) is 9.65. The fraction of sp³-hybridized carbons (Fsp3) is 0.267. The summed E-state index contributed by atoms with van der Waals surface area (Å²) in [4.78, 5) is 22.3. The van der Waals surface area contributed by atoms with Gasteiger partial charge in [-0.3, -0.25) is 14.9 Å². The Morgan fingerprint density at radius 1 is 1.25 bits per heavy atom. The molecule has 20 heavy (non-hydrogen) atoms. The molecule has 1 aliphatic heterocycles. The zero-order valence-corrected chi connectivity index (χ0v) is 10.7. The Hall–Kier alpha value is -2.43. The third kappa shape index (κ3) is 2.22. The predicted molar refractivity (Wildman–Crippen MR) is 72.1 cm³/mol. The Bertz CT molecular complexity index is 631. The third-order valence-corrected chi connectivity index (χ3v) is 3.54. The van der Waals surface area contributed by atoms with Crippen LogP contribution in [0.5, 0.6) is 0 Å². The number of ketones is 1. The Balaban J connectivity index is 1.97. The predicted octanol–water partition coefficient (Wildman–Crippen LogP) is 2.57. The summed E-state index contributed by atoms with van der Waals surface area (Å²) < 4.78 is 5.78. The van der Waals surface area contributed by atoms with Gasteiger partial charge in [-0.25, -0.2) is 0 Å². The average molecular weight is 271 g/mol. The number of ether oxygens (including phenoxy) is 1. The van der Waals surface area contributed by atoms with Gasteiger partial charge in [0.2, 0.25) is 6.54 Å². The number of hydrogen-bond acceptors (Lipinski definition) is 4. The fourth-order valence-electron chi connectivity index (χ4n) is 2.67. The maximum absolute atomic E-state index is 11.9. The van der Waals surface area contributed by atoms with Gasteiger partial charge < -0.3 is 4.74 Å². The molecule has 1 aromatic rings. The summed E-state index contributed by atoms with van der Waals surface area (Å²) in [7, 11) is 0. The molecule has 1 aromatic carbocycles. The minimum Gasteiger partial charge on any atom is -0.461 e. The molecule has 5 heteroatoms. The summed E-state index contributed by atoms with van der Waals surface area (Å²) in [6.07, 6.45) is 2.61. The highest BCUT2D eigenvalue weighted by atomic mass is 16.6. The number of hydrogen-bond donors (Lipinski definition) is 0. The molecule has 0 spiro atoms. The van der Waals surface area contributed by atoms with E-state index < -0.39 is 5.92 Å². The molecule has 2 aliphatic rings. The summed E-state index contributed by atoms with van der Waals surface area (Å²) in [5, 5.41) is 10.8. The SMILES string of the molecule is O=C1CCC2=C1[C@H](C[N+](=O)[O-])C=C(c1ccccc1)O2. The van der Waals surface area contributed by atoms with E-state index in [9.17, 15) is 14.9 Å². The van der Waals surface area contributed by atoms with Crippen LogP contribution in [0.1, 0.15) is 18.4 Å². The first-order valence-corrected chi connectivity index (χ1v) is 6.48. The van der Waals surface area contributed by atoms with Crippen LogP contribution in [-0.4, -0.2) is 17.3 Å². The smallest absolute Gasteiger partial charge is 0.214 e. The molecule has 0 N–H and O–H groups in total. The van der Waals surface area contributed by atoms with Crippen LogP contribution in [0.4, 0.5) is 0 Å². The number of carbonyl (C=O) groups excluding carboxylic acids is 1. The molecule has 102 valence electrons. The fourth-order valence-corrected chi connectivity index (χ4v) is 2.67. The molecule has 0 aromatic heterocycles. The van der Waals surface area contributed by atoms with E-state index in [4.69, 9.17) is 4.74 Å². The normalized spacial score (nSPS) is 21.3. The first-order valence-electron chi connectivity index (χ1n) is 6.48. The molecule has 0 radical (unpaired) electrons. The summed E-state index contributed by atoms with van der Waals surface area (Å²) >= 11 is 0. The Morgan fingerprint density at radius 2 is 2.00 bits per heavy atom. The molecule has 1 heterocycles. The quantitative estimate of drug-likeness (QED) is 0.625. The topological polar surface area (TPSA) is 69.4 Å². The number of allylic oxidation sites excluding steroid dienone is 1. The number of benzene rings is 1. The van der Waals surface area contributed by atoms with E-state index in [1.807, 2.05) is 30.3 Å². The highest BCUT2D eigenvalue weighted by Crippen LogP contribution is 2.39. The zero-order chi connectivity index (χ0) is 14.1. The van der Waals surface area contributed by atoms with E-state index in [2.05, 4.69) is 0 Å². The van der Waals surface area contributed by atoms with Crippen LogP contribution < -0.4 is 0 Å². The zero-order valence-electron chi connectivity index (χ0n) is 10.7. The van der Waals surface area contributed by atoms with Gasteiger partial charge in [-0.05, 0) is 6.08 Å². The van der Waals surface area contributed by atoms with Gasteiger partial charge in [0.1, 0.15) is 11.5 Å². The molecular weight excluding hydrogens is 258 g/mol. The largest absolute Gasteiger partial charge is 0.461 e. The van der Waals surface area contributed by atoms with Gasteiger partial charge in [-0.15, -0.1) is 0 Å². The van der Waals surface area contributed by atoms with E-state index in [1.165, 1.54) is 0 Å². The summed E-state index contributed by atoms with van der Waals surface area (Å²) in [5.41, 5.74) is 1.35. The second-order valence-electron chi connectivity index (χ2n) is 4.88.